The highest BCUT2D eigenvalue weighted by molar-refractivity contribution is 5.31. The molecule has 1 N–H and O–H groups in total. The molecule has 1 aromatic rings. The Morgan fingerprint density at radius 3 is 2.30 bits per heavy atom. The fraction of sp³-hybridized carbons (Fsp3) is 0.375. The highest BCUT2D eigenvalue weighted by Gasteiger charge is 1.96. The van der Waals surface area contributed by atoms with Crippen LogP contribution in [0.5, 0.6) is 11.5 Å². The molecule has 0 aromatic heterocycles. The van der Waals surface area contributed by atoms with Gasteiger partial charge in [0.1, 0.15) is 31.3 Å². The van der Waals surface area contributed by atoms with E-state index in [0.29, 0.717) is 19.8 Å². The molecule has 0 amide bonds. The van der Waals surface area contributed by atoms with Crippen LogP contribution >= 0.6 is 0 Å². The lowest BCUT2D eigenvalue weighted by molar-refractivity contribution is 0.0479. The number of ether oxygens (including phenoxy) is 2. The van der Waals surface area contributed by atoms with E-state index in [9.17, 15) is 0 Å². The molecule has 110 valence electrons. The van der Waals surface area contributed by atoms with Gasteiger partial charge in [0.2, 0.25) is 0 Å². The Labute approximate surface area is 121 Å². The van der Waals surface area contributed by atoms with Gasteiger partial charge in [-0.25, -0.2) is 0 Å². The van der Waals surface area contributed by atoms with Crippen molar-refractivity contribution in [2.75, 3.05) is 19.8 Å². The van der Waals surface area contributed by atoms with Crippen molar-refractivity contribution in [2.45, 2.75) is 20.8 Å². The van der Waals surface area contributed by atoms with Crippen LogP contribution in [0.1, 0.15) is 20.8 Å². The second-order valence-electron chi connectivity index (χ2n) is 4.38. The lowest BCUT2D eigenvalue weighted by Crippen LogP contribution is -2.13. The molecule has 0 heterocycles. The van der Waals surface area contributed by atoms with Crippen LogP contribution in [0.3, 0.4) is 0 Å². The summed E-state index contributed by atoms with van der Waals surface area (Å²) >= 11 is 0. The van der Waals surface area contributed by atoms with Crippen molar-refractivity contribution in [3.05, 3.63) is 48.2 Å². The third-order valence-corrected chi connectivity index (χ3v) is 2.34. The van der Waals surface area contributed by atoms with Crippen LogP contribution in [-0.4, -0.2) is 19.8 Å². The maximum Gasteiger partial charge on any atom is 0.120 e. The standard InChI is InChI=1S/C16H23NO3/c1-4-10-17-20-13-12-19-16-7-5-15(6-8-16)18-11-9-14(2)3/h4-10,17H,11-13H2,1-3H3. The summed E-state index contributed by atoms with van der Waals surface area (Å²) in [5.74, 6) is 1.63. The van der Waals surface area contributed by atoms with Crippen LogP contribution in [0.2, 0.25) is 0 Å². The normalized spacial score (nSPS) is 10.3. The number of allylic oxidation sites excluding steroid dienone is 2. The summed E-state index contributed by atoms with van der Waals surface area (Å²) in [7, 11) is 0. The molecular formula is C16H23NO3. The first-order valence-electron chi connectivity index (χ1n) is 6.70. The van der Waals surface area contributed by atoms with Gasteiger partial charge in [-0.2, -0.15) is 0 Å². The number of rotatable bonds is 9. The van der Waals surface area contributed by atoms with Gasteiger partial charge in [-0.3, -0.25) is 10.3 Å². The van der Waals surface area contributed by atoms with Crippen LogP contribution in [0, 0.1) is 0 Å². The summed E-state index contributed by atoms with van der Waals surface area (Å²) in [5, 5.41) is 0. The molecule has 0 atom stereocenters. The molecule has 0 fully saturated rings. The molecule has 0 radical (unpaired) electrons. The first kappa shape index (κ1) is 16.1. The van der Waals surface area contributed by atoms with E-state index >= 15 is 0 Å². The minimum atomic E-state index is 0.475. The minimum Gasteiger partial charge on any atom is -0.491 e. The van der Waals surface area contributed by atoms with Crippen molar-refractivity contribution < 1.29 is 14.3 Å². The molecule has 0 bridgehead atoms. The second kappa shape index (κ2) is 9.92. The van der Waals surface area contributed by atoms with E-state index < -0.39 is 0 Å². The van der Waals surface area contributed by atoms with Crippen LogP contribution < -0.4 is 15.0 Å². The predicted octanol–water partition coefficient (Wildman–Crippen LogP) is 3.47. The van der Waals surface area contributed by atoms with E-state index in [0.717, 1.165) is 11.5 Å². The molecule has 0 aliphatic rings. The molecule has 20 heavy (non-hydrogen) atoms. The van der Waals surface area contributed by atoms with Crippen LogP contribution in [0.15, 0.2) is 48.2 Å². The summed E-state index contributed by atoms with van der Waals surface area (Å²) < 4.78 is 11.1. The second-order valence-corrected chi connectivity index (χ2v) is 4.38. The summed E-state index contributed by atoms with van der Waals surface area (Å²) in [6.45, 7) is 7.56. The first-order chi connectivity index (χ1) is 9.72. The van der Waals surface area contributed by atoms with Crippen molar-refractivity contribution in [2.24, 2.45) is 0 Å². The fourth-order valence-corrected chi connectivity index (χ4v) is 1.31. The smallest absolute Gasteiger partial charge is 0.120 e. The summed E-state index contributed by atoms with van der Waals surface area (Å²) in [5.41, 5.74) is 3.92. The maximum absolute atomic E-state index is 5.57. The monoisotopic (exact) mass is 277 g/mol. The molecule has 1 aromatic carbocycles. The number of benzene rings is 1. The van der Waals surface area contributed by atoms with Gasteiger partial charge in [0.15, 0.2) is 0 Å². The Hall–Kier alpha value is -1.94. The Balaban J connectivity index is 2.23. The van der Waals surface area contributed by atoms with Gasteiger partial charge >= 0.3 is 0 Å². The topological polar surface area (TPSA) is 39.7 Å². The molecule has 0 saturated carbocycles. The highest BCUT2D eigenvalue weighted by atomic mass is 16.7. The molecule has 4 nitrogen and oxygen atoms in total. The molecule has 0 spiro atoms. The van der Waals surface area contributed by atoms with E-state index in [-0.39, 0.29) is 0 Å². The lowest BCUT2D eigenvalue weighted by atomic mass is 10.3. The van der Waals surface area contributed by atoms with E-state index in [1.807, 2.05) is 57.2 Å². The Bertz CT molecular complexity index is 420. The van der Waals surface area contributed by atoms with Gasteiger partial charge in [-0.15, -0.1) is 0 Å². The third kappa shape index (κ3) is 7.48. The van der Waals surface area contributed by atoms with Crippen molar-refractivity contribution in [3.63, 3.8) is 0 Å². The summed E-state index contributed by atoms with van der Waals surface area (Å²) in [6.07, 6.45) is 5.62. The zero-order valence-corrected chi connectivity index (χ0v) is 12.4. The molecule has 0 unspecified atom stereocenters. The van der Waals surface area contributed by atoms with Gasteiger partial charge in [-0.05, 0) is 51.1 Å². The molecule has 1 rings (SSSR count). The van der Waals surface area contributed by atoms with E-state index in [1.165, 1.54) is 5.57 Å². The number of hydrogen-bond acceptors (Lipinski definition) is 4. The molecular weight excluding hydrogens is 254 g/mol. The van der Waals surface area contributed by atoms with Crippen LogP contribution in [0.4, 0.5) is 0 Å². The average molecular weight is 277 g/mol. The Morgan fingerprint density at radius 2 is 1.70 bits per heavy atom. The van der Waals surface area contributed by atoms with Crippen molar-refractivity contribution in [1.29, 1.82) is 0 Å². The third-order valence-electron chi connectivity index (χ3n) is 2.34. The van der Waals surface area contributed by atoms with E-state index in [4.69, 9.17) is 14.3 Å². The van der Waals surface area contributed by atoms with Crippen molar-refractivity contribution in [1.82, 2.24) is 5.48 Å². The lowest BCUT2D eigenvalue weighted by Gasteiger charge is -2.08. The van der Waals surface area contributed by atoms with Crippen LogP contribution in [0.25, 0.3) is 0 Å². The Morgan fingerprint density at radius 1 is 1.05 bits per heavy atom. The molecule has 0 saturated heterocycles. The van der Waals surface area contributed by atoms with Crippen molar-refractivity contribution in [3.8, 4) is 11.5 Å². The molecule has 4 heteroatoms. The summed E-state index contributed by atoms with van der Waals surface area (Å²) in [6, 6.07) is 7.56. The maximum atomic E-state index is 5.57. The Kier molecular flexibility index (Phi) is 7.99. The van der Waals surface area contributed by atoms with Gasteiger partial charge < -0.3 is 9.47 Å². The average Bonchev–Trinajstić information content (AvgIpc) is 2.44. The quantitative estimate of drug-likeness (QED) is 0.426. The number of hydroxylamine groups is 1. The van der Waals surface area contributed by atoms with Crippen molar-refractivity contribution >= 4 is 0 Å². The SMILES string of the molecule is CC=CNOCCOc1ccc(OCC=C(C)C)cc1. The van der Waals surface area contributed by atoms with Crippen LogP contribution in [-0.2, 0) is 4.84 Å². The van der Waals surface area contributed by atoms with E-state index in [1.54, 1.807) is 6.20 Å². The van der Waals surface area contributed by atoms with Gasteiger partial charge in [0.05, 0.1) is 0 Å². The fourth-order valence-electron chi connectivity index (χ4n) is 1.31. The zero-order chi connectivity index (χ0) is 14.6. The van der Waals surface area contributed by atoms with Gasteiger partial charge in [0, 0.05) is 6.20 Å². The zero-order valence-electron chi connectivity index (χ0n) is 12.4. The largest absolute Gasteiger partial charge is 0.491 e. The highest BCUT2D eigenvalue weighted by Crippen LogP contribution is 2.17. The number of nitrogens with one attached hydrogen (secondary N) is 1. The molecule has 0 aliphatic carbocycles. The first-order valence-corrected chi connectivity index (χ1v) is 6.70. The van der Waals surface area contributed by atoms with Gasteiger partial charge in [-0.1, -0.05) is 11.6 Å². The van der Waals surface area contributed by atoms with Gasteiger partial charge in [0.25, 0.3) is 0 Å². The molecule has 0 aliphatic heterocycles. The minimum absolute atomic E-state index is 0.475. The predicted molar refractivity (Wildman–Crippen MR) is 80.8 cm³/mol. The summed E-state index contributed by atoms with van der Waals surface area (Å²) in [4.78, 5) is 5.10. The van der Waals surface area contributed by atoms with E-state index in [2.05, 4.69) is 5.48 Å². The number of hydrogen-bond donors (Lipinski definition) is 1.